The number of hydrogen-bond donors (Lipinski definition) is 1. The maximum Gasteiger partial charge on any atom is 0.213 e. The third-order valence-corrected chi connectivity index (χ3v) is 7.04. The van der Waals surface area contributed by atoms with Crippen LogP contribution in [0.1, 0.15) is 12.6 Å². The zero-order valence-electron chi connectivity index (χ0n) is 16.9. The van der Waals surface area contributed by atoms with Gasteiger partial charge in [0.05, 0.1) is 29.5 Å². The molecule has 3 aromatic rings. The summed E-state index contributed by atoms with van der Waals surface area (Å²) in [5.74, 6) is 0.816. The second kappa shape index (κ2) is 8.00. The van der Waals surface area contributed by atoms with Gasteiger partial charge >= 0.3 is 0 Å². The first kappa shape index (κ1) is 20.2. The molecule has 0 bridgehead atoms. The summed E-state index contributed by atoms with van der Waals surface area (Å²) >= 11 is 0. The zero-order chi connectivity index (χ0) is 21.3. The first-order chi connectivity index (χ1) is 14.4. The summed E-state index contributed by atoms with van der Waals surface area (Å²) in [4.78, 5) is 11.3. The van der Waals surface area contributed by atoms with Crippen LogP contribution in [-0.4, -0.2) is 69.6 Å². The van der Waals surface area contributed by atoms with Crippen LogP contribution in [-0.2, 0) is 10.0 Å². The Hall–Kier alpha value is -3.05. The third kappa shape index (κ3) is 3.98. The highest BCUT2D eigenvalue weighted by Gasteiger charge is 2.26. The zero-order valence-corrected chi connectivity index (χ0v) is 17.7. The maximum absolute atomic E-state index is 12.1. The topological polar surface area (TPSA) is 123 Å². The summed E-state index contributed by atoms with van der Waals surface area (Å²) in [6.07, 6.45) is 3.52. The molecule has 0 spiro atoms. The largest absolute Gasteiger partial charge is 0.399 e. The van der Waals surface area contributed by atoms with Crippen LogP contribution in [0.25, 0.3) is 17.1 Å². The Balaban J connectivity index is 1.55. The average Bonchev–Trinajstić information content (AvgIpc) is 3.25. The van der Waals surface area contributed by atoms with E-state index in [2.05, 4.69) is 15.3 Å². The molecule has 30 heavy (non-hydrogen) atoms. The van der Waals surface area contributed by atoms with E-state index in [-0.39, 0.29) is 5.75 Å². The number of piperazine rings is 1. The fraction of sp³-hybridized carbons (Fsp3) is 0.368. The second-order valence-corrected chi connectivity index (χ2v) is 9.35. The van der Waals surface area contributed by atoms with Crippen molar-refractivity contribution in [2.24, 2.45) is 0 Å². The summed E-state index contributed by atoms with van der Waals surface area (Å²) in [6.45, 7) is 5.54. The fourth-order valence-electron chi connectivity index (χ4n) is 3.34. The normalized spacial score (nSPS) is 15.5. The molecule has 1 fully saturated rings. The van der Waals surface area contributed by atoms with Crippen molar-refractivity contribution in [2.45, 2.75) is 13.8 Å². The Labute approximate surface area is 175 Å². The number of sulfonamides is 1. The SMILES string of the molecule is CCS(=O)(=O)N1CCN(c2cnc(C)c(-c3cn(-c4ccc(N)cc4)nn3)n2)CC1. The van der Waals surface area contributed by atoms with Gasteiger partial charge in [-0.25, -0.2) is 18.1 Å². The van der Waals surface area contributed by atoms with Crippen LogP contribution in [0.2, 0.25) is 0 Å². The summed E-state index contributed by atoms with van der Waals surface area (Å²) in [5.41, 5.74) is 9.28. The van der Waals surface area contributed by atoms with Crippen LogP contribution in [0.5, 0.6) is 0 Å². The van der Waals surface area contributed by atoms with Crippen molar-refractivity contribution in [3.63, 3.8) is 0 Å². The second-order valence-electron chi connectivity index (χ2n) is 7.09. The number of hydrogen-bond acceptors (Lipinski definition) is 8. The van der Waals surface area contributed by atoms with Crippen LogP contribution in [0.15, 0.2) is 36.7 Å². The molecular weight excluding hydrogens is 404 g/mol. The number of rotatable bonds is 5. The van der Waals surface area contributed by atoms with Gasteiger partial charge in [-0.05, 0) is 38.1 Å². The third-order valence-electron chi connectivity index (χ3n) is 5.16. The summed E-state index contributed by atoms with van der Waals surface area (Å²) in [6, 6.07) is 7.35. The highest BCUT2D eigenvalue weighted by atomic mass is 32.2. The van der Waals surface area contributed by atoms with E-state index >= 15 is 0 Å². The van der Waals surface area contributed by atoms with Crippen molar-refractivity contribution >= 4 is 21.5 Å². The molecule has 11 heteroatoms. The predicted octanol–water partition coefficient (Wildman–Crippen LogP) is 1.09. The first-order valence-electron chi connectivity index (χ1n) is 9.72. The molecule has 2 N–H and O–H groups in total. The van der Waals surface area contributed by atoms with Crippen LogP contribution < -0.4 is 10.6 Å². The van der Waals surface area contributed by atoms with Crippen molar-refractivity contribution in [3.05, 3.63) is 42.4 Å². The van der Waals surface area contributed by atoms with E-state index in [9.17, 15) is 8.42 Å². The predicted molar refractivity (Wildman–Crippen MR) is 115 cm³/mol. The standard InChI is InChI=1S/C19H24N8O2S/c1-3-30(28,29)26-10-8-25(9-11-26)18-12-21-14(2)19(22-18)17-13-27(24-23-17)16-6-4-15(20)5-7-16/h4-7,12-13H,3,8-11,20H2,1-2H3. The van der Waals surface area contributed by atoms with Crippen molar-refractivity contribution in [3.8, 4) is 17.1 Å². The Morgan fingerprint density at radius 1 is 1.10 bits per heavy atom. The van der Waals surface area contributed by atoms with Crippen molar-refractivity contribution < 1.29 is 8.42 Å². The van der Waals surface area contributed by atoms with E-state index in [1.54, 1.807) is 36.1 Å². The van der Waals surface area contributed by atoms with E-state index in [0.29, 0.717) is 49.1 Å². The monoisotopic (exact) mass is 428 g/mol. The molecule has 0 unspecified atom stereocenters. The molecule has 0 amide bonds. The minimum Gasteiger partial charge on any atom is -0.399 e. The molecule has 0 radical (unpaired) electrons. The van der Waals surface area contributed by atoms with E-state index < -0.39 is 10.0 Å². The quantitative estimate of drug-likeness (QED) is 0.599. The Kier molecular flexibility index (Phi) is 5.39. The van der Waals surface area contributed by atoms with Gasteiger partial charge in [-0.2, -0.15) is 4.31 Å². The first-order valence-corrected chi connectivity index (χ1v) is 11.3. The van der Waals surface area contributed by atoms with Gasteiger partial charge in [0.1, 0.15) is 17.2 Å². The molecule has 158 valence electrons. The molecule has 1 aromatic carbocycles. The molecule has 10 nitrogen and oxygen atoms in total. The minimum absolute atomic E-state index is 0.116. The number of benzene rings is 1. The number of nitrogen functional groups attached to an aromatic ring is 1. The van der Waals surface area contributed by atoms with E-state index in [1.807, 2.05) is 24.0 Å². The smallest absolute Gasteiger partial charge is 0.213 e. The number of aromatic nitrogens is 5. The van der Waals surface area contributed by atoms with Crippen LogP contribution >= 0.6 is 0 Å². The molecule has 0 saturated carbocycles. The number of nitrogens with zero attached hydrogens (tertiary/aromatic N) is 7. The highest BCUT2D eigenvalue weighted by Crippen LogP contribution is 2.23. The van der Waals surface area contributed by atoms with Gasteiger partial charge in [0, 0.05) is 31.9 Å². The van der Waals surface area contributed by atoms with Crippen molar-refractivity contribution in [1.82, 2.24) is 29.3 Å². The lowest BCUT2D eigenvalue weighted by molar-refractivity contribution is 0.384. The van der Waals surface area contributed by atoms with Gasteiger partial charge < -0.3 is 10.6 Å². The van der Waals surface area contributed by atoms with E-state index in [4.69, 9.17) is 10.7 Å². The van der Waals surface area contributed by atoms with Gasteiger partial charge in [-0.15, -0.1) is 5.10 Å². The Bertz CT molecular complexity index is 1140. The average molecular weight is 429 g/mol. The Morgan fingerprint density at radius 3 is 2.47 bits per heavy atom. The van der Waals surface area contributed by atoms with Crippen molar-refractivity contribution in [2.75, 3.05) is 42.6 Å². The minimum atomic E-state index is -3.17. The Morgan fingerprint density at radius 2 is 1.80 bits per heavy atom. The molecule has 1 aliphatic heterocycles. The lowest BCUT2D eigenvalue weighted by Crippen LogP contribution is -2.49. The maximum atomic E-state index is 12.1. The number of nitrogens with two attached hydrogens (primary N) is 1. The molecule has 0 atom stereocenters. The summed E-state index contributed by atoms with van der Waals surface area (Å²) < 4.78 is 27.3. The van der Waals surface area contributed by atoms with Crippen LogP contribution in [0, 0.1) is 6.92 Å². The molecule has 4 rings (SSSR count). The molecule has 3 heterocycles. The van der Waals surface area contributed by atoms with Gasteiger partial charge in [0.25, 0.3) is 0 Å². The van der Waals surface area contributed by atoms with Gasteiger partial charge in [-0.1, -0.05) is 5.21 Å². The fourth-order valence-corrected chi connectivity index (χ4v) is 4.42. The van der Waals surface area contributed by atoms with Gasteiger partial charge in [0.15, 0.2) is 0 Å². The lowest BCUT2D eigenvalue weighted by Gasteiger charge is -2.34. The summed E-state index contributed by atoms with van der Waals surface area (Å²) in [7, 11) is -3.17. The number of anilines is 2. The molecular formula is C19H24N8O2S. The molecule has 2 aromatic heterocycles. The highest BCUT2D eigenvalue weighted by molar-refractivity contribution is 7.89. The van der Waals surface area contributed by atoms with E-state index in [1.165, 1.54) is 4.31 Å². The van der Waals surface area contributed by atoms with E-state index in [0.717, 1.165) is 11.4 Å². The lowest BCUT2D eigenvalue weighted by atomic mass is 10.2. The van der Waals surface area contributed by atoms with Gasteiger partial charge in [0.2, 0.25) is 10.0 Å². The van der Waals surface area contributed by atoms with Gasteiger partial charge in [-0.3, -0.25) is 4.98 Å². The molecule has 1 saturated heterocycles. The number of aryl methyl sites for hydroxylation is 1. The van der Waals surface area contributed by atoms with Crippen LogP contribution in [0.3, 0.4) is 0 Å². The molecule has 1 aliphatic rings. The van der Waals surface area contributed by atoms with Crippen LogP contribution in [0.4, 0.5) is 11.5 Å². The van der Waals surface area contributed by atoms with Crippen molar-refractivity contribution in [1.29, 1.82) is 0 Å². The summed E-state index contributed by atoms with van der Waals surface area (Å²) in [5, 5.41) is 8.45. The molecule has 0 aliphatic carbocycles.